The Morgan fingerprint density at radius 3 is 1.41 bits per heavy atom. The molecule has 0 radical (unpaired) electrons. The van der Waals surface area contributed by atoms with Crippen molar-refractivity contribution in [1.29, 1.82) is 0 Å². The van der Waals surface area contributed by atoms with Crippen molar-refractivity contribution in [2.24, 2.45) is 5.73 Å². The van der Waals surface area contributed by atoms with Gasteiger partial charge in [-0.15, -0.1) is 0 Å². The van der Waals surface area contributed by atoms with Crippen molar-refractivity contribution in [1.82, 2.24) is 5.23 Å². The molecule has 2 unspecified atom stereocenters. The molecule has 0 spiro atoms. The van der Waals surface area contributed by atoms with E-state index in [0.29, 0.717) is 0 Å². The van der Waals surface area contributed by atoms with Gasteiger partial charge < -0.3 is 16.0 Å². The highest BCUT2D eigenvalue weighted by atomic mass is 16.2. The van der Waals surface area contributed by atoms with Gasteiger partial charge in [-0.05, 0) is 65.7 Å². The van der Waals surface area contributed by atoms with Crippen LogP contribution in [0.25, 0.3) is 0 Å². The van der Waals surface area contributed by atoms with Gasteiger partial charge in [0.15, 0.2) is 0 Å². The fourth-order valence-electron chi connectivity index (χ4n) is 3.48. The molecule has 4 N–H and O–H groups in total. The maximum Gasteiger partial charge on any atom is 0.373 e. The van der Waals surface area contributed by atoms with Crippen molar-refractivity contribution < 1.29 is 5.02 Å². The van der Waals surface area contributed by atoms with E-state index in [1.165, 1.54) is 22.3 Å². The molecule has 4 heteroatoms. The van der Waals surface area contributed by atoms with Gasteiger partial charge in [-0.3, -0.25) is 0 Å². The Morgan fingerprint density at radius 2 is 1.12 bits per heavy atom. The van der Waals surface area contributed by atoms with Gasteiger partial charge >= 0.3 is 7.05 Å². The minimum absolute atomic E-state index is 0. The summed E-state index contributed by atoms with van der Waals surface area (Å²) in [5, 5.41) is 12.3. The zero-order valence-electron chi connectivity index (χ0n) is 21.3. The Labute approximate surface area is 199 Å². The highest BCUT2D eigenvalue weighted by Crippen LogP contribution is 2.23. The van der Waals surface area contributed by atoms with Crippen molar-refractivity contribution in [3.63, 3.8) is 0 Å². The second-order valence-corrected chi connectivity index (χ2v) is 11.0. The van der Waals surface area contributed by atoms with Crippen molar-refractivity contribution >= 4 is 7.05 Å². The summed E-state index contributed by atoms with van der Waals surface area (Å²) in [7, 11) is -0.446. The summed E-state index contributed by atoms with van der Waals surface area (Å²) in [6, 6.07) is 18.1. The lowest BCUT2D eigenvalue weighted by molar-refractivity contribution is 0.526. The molecule has 0 amide bonds. The molecule has 0 aliphatic rings. The van der Waals surface area contributed by atoms with E-state index in [9.17, 15) is 5.02 Å². The molecular weight excluding hydrogens is 391 g/mol. The van der Waals surface area contributed by atoms with Crippen LogP contribution in [-0.4, -0.2) is 24.2 Å². The van der Waals surface area contributed by atoms with E-state index in [0.717, 1.165) is 12.8 Å². The van der Waals surface area contributed by atoms with E-state index in [-0.39, 0.29) is 30.3 Å². The van der Waals surface area contributed by atoms with Gasteiger partial charge in [0, 0.05) is 6.04 Å². The molecule has 2 aromatic carbocycles. The molecule has 0 aromatic heterocycles. The summed E-state index contributed by atoms with van der Waals surface area (Å²) >= 11 is 0. The Bertz CT molecular complexity index is 754. The van der Waals surface area contributed by atoms with Gasteiger partial charge in [0.1, 0.15) is 0 Å². The first-order valence-corrected chi connectivity index (χ1v) is 11.6. The molecule has 3 nitrogen and oxygen atoms in total. The Hall–Kier alpha value is -1.62. The molecule has 0 bridgehead atoms. The number of benzene rings is 2. The van der Waals surface area contributed by atoms with E-state index in [4.69, 9.17) is 5.73 Å². The molecule has 2 aromatic rings. The summed E-state index contributed by atoms with van der Waals surface area (Å²) in [6.07, 6.45) is 1.90. The zero-order valence-corrected chi connectivity index (χ0v) is 21.3. The summed E-state index contributed by atoms with van der Waals surface area (Å²) in [4.78, 5) is 0. The lowest BCUT2D eigenvalue weighted by Gasteiger charge is -2.20. The first kappa shape index (κ1) is 30.4. The minimum atomic E-state index is -0.446. The van der Waals surface area contributed by atoms with Crippen LogP contribution in [0, 0.1) is 0 Å². The molecule has 0 aliphatic heterocycles. The molecule has 0 saturated carbocycles. The van der Waals surface area contributed by atoms with Crippen LogP contribution in [0.2, 0.25) is 6.82 Å². The van der Waals surface area contributed by atoms with Crippen LogP contribution in [0.3, 0.4) is 0 Å². The van der Waals surface area contributed by atoms with Crippen LogP contribution in [0.4, 0.5) is 0 Å². The van der Waals surface area contributed by atoms with Gasteiger partial charge in [0.25, 0.3) is 0 Å². The summed E-state index contributed by atoms with van der Waals surface area (Å²) in [5.74, 6) is 0. The number of nitrogens with two attached hydrogens (primary N) is 1. The Balaban J connectivity index is 0.000000592. The molecule has 0 saturated heterocycles. The highest BCUT2D eigenvalue weighted by molar-refractivity contribution is 6.45. The third-order valence-corrected chi connectivity index (χ3v) is 5.27. The van der Waals surface area contributed by atoms with E-state index in [2.05, 4.69) is 102 Å². The lowest BCUT2D eigenvalue weighted by atomic mass is 9.85. The normalized spacial score (nSPS) is 13.3. The van der Waals surface area contributed by atoms with E-state index < -0.39 is 7.05 Å². The van der Waals surface area contributed by atoms with Crippen molar-refractivity contribution in [2.45, 2.75) is 105 Å². The van der Waals surface area contributed by atoms with Gasteiger partial charge in [0.2, 0.25) is 0 Å². The largest absolute Gasteiger partial charge is 0.437 e. The maximum atomic E-state index is 9.24. The third-order valence-electron chi connectivity index (χ3n) is 5.27. The molecule has 180 valence electrons. The van der Waals surface area contributed by atoms with Crippen LogP contribution in [0.15, 0.2) is 48.5 Å². The summed E-state index contributed by atoms with van der Waals surface area (Å²) < 4.78 is 0. The fraction of sp³-hybridized carbons (Fsp3) is 0.571. The molecule has 0 fully saturated rings. The average Bonchev–Trinajstić information content (AvgIpc) is 2.60. The van der Waals surface area contributed by atoms with Crippen LogP contribution in [0.5, 0.6) is 0 Å². The highest BCUT2D eigenvalue weighted by Gasteiger charge is 2.14. The monoisotopic (exact) mass is 440 g/mol. The predicted octanol–water partition coefficient (Wildman–Crippen LogP) is 6.12. The minimum Gasteiger partial charge on any atom is -0.437 e. The van der Waals surface area contributed by atoms with E-state index >= 15 is 0 Å². The molecule has 32 heavy (non-hydrogen) atoms. The quantitative estimate of drug-likeness (QED) is 0.474. The number of hydrogen-bond acceptors (Lipinski definition) is 3. The topological polar surface area (TPSA) is 58.3 Å². The molecule has 0 aliphatic carbocycles. The third kappa shape index (κ3) is 11.8. The van der Waals surface area contributed by atoms with Crippen molar-refractivity contribution in [2.75, 3.05) is 0 Å². The number of nitrogens with one attached hydrogen (secondary N) is 1. The van der Waals surface area contributed by atoms with E-state index in [1.54, 1.807) is 6.82 Å². The van der Waals surface area contributed by atoms with Crippen LogP contribution in [-0.2, 0) is 23.7 Å². The number of hydrogen-bond donors (Lipinski definition) is 3. The average molecular weight is 441 g/mol. The van der Waals surface area contributed by atoms with Gasteiger partial charge in [-0.2, -0.15) is 0 Å². The second-order valence-electron chi connectivity index (χ2n) is 11.0. The summed E-state index contributed by atoms with van der Waals surface area (Å²) in [5.41, 5.74) is 11.6. The smallest absolute Gasteiger partial charge is 0.373 e. The SMILES string of the molecule is C.CB(O)NC(C)Cc1ccc(C(C)(C)C)cc1.CC(N)Cc1ccc(C(C)(C)C)cc1. The van der Waals surface area contributed by atoms with Gasteiger partial charge in [-0.1, -0.05) is 104 Å². The Kier molecular flexibility index (Phi) is 12.5. The first-order chi connectivity index (χ1) is 14.2. The number of rotatable bonds is 6. The fourth-order valence-corrected chi connectivity index (χ4v) is 3.48. The molecule has 2 atom stereocenters. The van der Waals surface area contributed by atoms with E-state index in [1.807, 2.05) is 6.92 Å². The van der Waals surface area contributed by atoms with Crippen molar-refractivity contribution in [3.8, 4) is 0 Å². The summed E-state index contributed by atoms with van der Waals surface area (Å²) in [6.45, 7) is 19.2. The van der Waals surface area contributed by atoms with Crippen LogP contribution in [0.1, 0.15) is 85.1 Å². The standard InChI is InChI=1S/C14H24BNO.C13H21N.CH4/c1-11(16-15(5)17)10-12-6-8-13(9-7-12)14(2,3)4;1-10(14)9-11-5-7-12(8-6-11)13(2,3)4;/h6-9,11,16-17H,10H2,1-5H3;5-8,10H,9,14H2,1-4H3;1H4. The van der Waals surface area contributed by atoms with Crippen LogP contribution >= 0.6 is 0 Å². The zero-order chi connectivity index (χ0) is 23.8. The molecule has 0 heterocycles. The lowest BCUT2D eigenvalue weighted by Crippen LogP contribution is -2.39. The van der Waals surface area contributed by atoms with Crippen LogP contribution < -0.4 is 11.0 Å². The molecule has 2 rings (SSSR count). The first-order valence-electron chi connectivity index (χ1n) is 11.6. The Morgan fingerprint density at radius 1 is 0.781 bits per heavy atom. The second kappa shape index (κ2) is 13.2. The van der Waals surface area contributed by atoms with Gasteiger partial charge in [0.05, 0.1) is 0 Å². The molecular formula is C28H49BN2O. The van der Waals surface area contributed by atoms with Gasteiger partial charge in [-0.25, -0.2) is 0 Å². The predicted molar refractivity (Wildman–Crippen MR) is 145 cm³/mol. The maximum absolute atomic E-state index is 9.24. The van der Waals surface area contributed by atoms with Crippen molar-refractivity contribution in [3.05, 3.63) is 70.8 Å².